The topological polar surface area (TPSA) is 50.1 Å². The van der Waals surface area contributed by atoms with Crippen molar-refractivity contribution >= 4 is 34.5 Å². The van der Waals surface area contributed by atoms with Crippen molar-refractivity contribution < 1.29 is 0 Å². The van der Waals surface area contributed by atoms with Crippen LogP contribution >= 0.6 is 23.2 Å². The molecule has 158 valence electrons. The number of halogens is 2. The zero-order valence-corrected chi connectivity index (χ0v) is 18.7. The van der Waals surface area contributed by atoms with Crippen molar-refractivity contribution in [3.05, 3.63) is 81.1 Å². The average molecular weight is 442 g/mol. The van der Waals surface area contributed by atoms with E-state index in [2.05, 4.69) is 41.0 Å². The Labute approximate surface area is 189 Å². The molecule has 0 spiro atoms. The molecule has 0 saturated heterocycles. The number of benzene rings is 2. The van der Waals surface area contributed by atoms with Crippen LogP contribution in [0.5, 0.6) is 0 Å². The lowest BCUT2D eigenvalue weighted by Gasteiger charge is -2.23. The van der Waals surface area contributed by atoms with Gasteiger partial charge >= 0.3 is 0 Å². The van der Waals surface area contributed by atoms with Gasteiger partial charge in [0.15, 0.2) is 0 Å². The fraction of sp³-hybridized carbons (Fsp3) is 0.360. The highest BCUT2D eigenvalue weighted by molar-refractivity contribution is 6.42. The van der Waals surface area contributed by atoms with Crippen LogP contribution in [0.3, 0.4) is 0 Å². The molecule has 0 aromatic heterocycles. The summed E-state index contributed by atoms with van der Waals surface area (Å²) in [6.07, 6.45) is 10.5. The Hall–Kier alpha value is -1.94. The Morgan fingerprint density at radius 3 is 2.47 bits per heavy atom. The number of fused-ring (bicyclic) bond motifs is 1. The molecule has 5 heteroatoms. The van der Waals surface area contributed by atoms with Gasteiger partial charge in [0.2, 0.25) is 0 Å². The van der Waals surface area contributed by atoms with E-state index >= 15 is 0 Å². The summed E-state index contributed by atoms with van der Waals surface area (Å²) in [4.78, 5) is 0. The number of para-hydroxylation sites is 1. The number of nitrogens with one attached hydrogen (secondary N) is 2. The number of allylic oxidation sites excluding steroid dienone is 3. The van der Waals surface area contributed by atoms with Crippen molar-refractivity contribution in [2.24, 2.45) is 11.7 Å². The molecule has 5 rings (SSSR count). The van der Waals surface area contributed by atoms with Crippen molar-refractivity contribution in [3.8, 4) is 0 Å². The van der Waals surface area contributed by atoms with E-state index in [-0.39, 0.29) is 0 Å². The van der Waals surface area contributed by atoms with Gasteiger partial charge in [-0.15, -0.1) is 0 Å². The minimum Gasteiger partial charge on any atom is -0.371 e. The normalized spacial score (nSPS) is 17.5. The van der Waals surface area contributed by atoms with E-state index in [9.17, 15) is 0 Å². The summed E-state index contributed by atoms with van der Waals surface area (Å²) >= 11 is 11.4. The Bertz CT molecular complexity index is 953. The second-order valence-corrected chi connectivity index (χ2v) is 9.04. The number of rotatable bonds is 4. The van der Waals surface area contributed by atoms with Gasteiger partial charge in [-0.3, -0.25) is 0 Å². The van der Waals surface area contributed by atoms with Crippen molar-refractivity contribution in [1.82, 2.24) is 5.32 Å². The first kappa shape index (κ1) is 21.3. The molecule has 0 radical (unpaired) electrons. The summed E-state index contributed by atoms with van der Waals surface area (Å²) in [5.41, 5.74) is 12.0. The van der Waals surface area contributed by atoms with E-state index in [1.807, 2.05) is 6.07 Å². The van der Waals surface area contributed by atoms with E-state index in [4.69, 9.17) is 28.9 Å². The summed E-state index contributed by atoms with van der Waals surface area (Å²) < 4.78 is 0. The molecule has 1 heterocycles. The van der Waals surface area contributed by atoms with Crippen LogP contribution in [-0.2, 0) is 6.54 Å². The van der Waals surface area contributed by atoms with Gasteiger partial charge in [0.25, 0.3) is 0 Å². The number of hydrogen-bond acceptors (Lipinski definition) is 3. The third-order valence-electron chi connectivity index (χ3n) is 5.93. The van der Waals surface area contributed by atoms with Crippen molar-refractivity contribution in [1.29, 1.82) is 0 Å². The lowest BCUT2D eigenvalue weighted by Crippen LogP contribution is -2.26. The molecular weight excluding hydrogens is 413 g/mol. The first-order valence-electron chi connectivity index (χ1n) is 10.8. The summed E-state index contributed by atoms with van der Waals surface area (Å²) in [7, 11) is 0. The van der Waals surface area contributed by atoms with Crippen LogP contribution in [0.1, 0.15) is 49.7 Å². The molecule has 0 unspecified atom stereocenters. The van der Waals surface area contributed by atoms with Gasteiger partial charge in [-0.1, -0.05) is 65.9 Å². The molecule has 1 aliphatic heterocycles. The Balaban J connectivity index is 0.000000185. The van der Waals surface area contributed by atoms with Crippen LogP contribution in [0.15, 0.2) is 59.9 Å². The predicted octanol–water partition coefficient (Wildman–Crippen LogP) is 6.73. The van der Waals surface area contributed by atoms with E-state index < -0.39 is 0 Å². The van der Waals surface area contributed by atoms with Gasteiger partial charge in [0, 0.05) is 24.3 Å². The van der Waals surface area contributed by atoms with Gasteiger partial charge in [0.05, 0.1) is 10.0 Å². The summed E-state index contributed by atoms with van der Waals surface area (Å²) in [6.45, 7) is 1.61. The molecule has 2 aromatic rings. The fourth-order valence-electron chi connectivity index (χ4n) is 4.09. The highest BCUT2D eigenvalue weighted by Crippen LogP contribution is 2.41. The Morgan fingerprint density at radius 1 is 1.00 bits per heavy atom. The zero-order chi connectivity index (χ0) is 20.9. The van der Waals surface area contributed by atoms with Crippen molar-refractivity contribution in [3.63, 3.8) is 0 Å². The summed E-state index contributed by atoms with van der Waals surface area (Å²) in [6, 6.07) is 14.0. The Morgan fingerprint density at radius 2 is 1.77 bits per heavy atom. The SMILES string of the molecule is C1=C(NCC2CCCC2)Nc2ccccc2C1=C1CC1.NCc1ccc(Cl)c(Cl)c1. The van der Waals surface area contributed by atoms with Gasteiger partial charge in [0.1, 0.15) is 5.82 Å². The molecule has 0 amide bonds. The van der Waals surface area contributed by atoms with Gasteiger partial charge in [-0.25, -0.2) is 0 Å². The third-order valence-corrected chi connectivity index (χ3v) is 6.67. The maximum Gasteiger partial charge on any atom is 0.104 e. The van der Waals surface area contributed by atoms with Crippen LogP contribution in [0.4, 0.5) is 5.69 Å². The van der Waals surface area contributed by atoms with Gasteiger partial charge in [-0.2, -0.15) is 0 Å². The second kappa shape index (κ2) is 9.91. The van der Waals surface area contributed by atoms with Crippen LogP contribution < -0.4 is 16.4 Å². The second-order valence-electron chi connectivity index (χ2n) is 8.23. The molecule has 3 nitrogen and oxygen atoms in total. The van der Waals surface area contributed by atoms with E-state index in [0.717, 1.165) is 18.0 Å². The molecule has 2 saturated carbocycles. The fourth-order valence-corrected chi connectivity index (χ4v) is 4.41. The molecule has 2 aromatic carbocycles. The summed E-state index contributed by atoms with van der Waals surface area (Å²) in [5.74, 6) is 2.05. The lowest BCUT2D eigenvalue weighted by molar-refractivity contribution is 0.518. The van der Waals surface area contributed by atoms with Crippen LogP contribution in [-0.4, -0.2) is 6.54 Å². The van der Waals surface area contributed by atoms with E-state index in [1.165, 1.54) is 61.2 Å². The maximum atomic E-state index is 5.71. The van der Waals surface area contributed by atoms with E-state index in [0.29, 0.717) is 16.6 Å². The third kappa shape index (κ3) is 5.40. The van der Waals surface area contributed by atoms with Crippen molar-refractivity contribution in [2.45, 2.75) is 45.1 Å². The first-order valence-corrected chi connectivity index (χ1v) is 11.6. The molecule has 0 bridgehead atoms. The smallest absolute Gasteiger partial charge is 0.104 e. The number of anilines is 1. The number of hydrogen-bond donors (Lipinski definition) is 3. The van der Waals surface area contributed by atoms with Gasteiger partial charge in [-0.05, 0) is 67.0 Å². The highest BCUT2D eigenvalue weighted by Gasteiger charge is 2.23. The van der Waals surface area contributed by atoms with Crippen molar-refractivity contribution in [2.75, 3.05) is 11.9 Å². The minimum atomic E-state index is 0.497. The maximum absolute atomic E-state index is 5.71. The predicted molar refractivity (Wildman–Crippen MR) is 129 cm³/mol. The minimum absolute atomic E-state index is 0.497. The monoisotopic (exact) mass is 441 g/mol. The number of nitrogens with two attached hydrogens (primary N) is 1. The van der Waals surface area contributed by atoms with Gasteiger partial charge < -0.3 is 16.4 Å². The molecule has 30 heavy (non-hydrogen) atoms. The lowest BCUT2D eigenvalue weighted by atomic mass is 9.99. The first-order chi connectivity index (χ1) is 14.6. The molecule has 3 aliphatic rings. The highest BCUT2D eigenvalue weighted by atomic mass is 35.5. The molecule has 2 fully saturated rings. The van der Waals surface area contributed by atoms with Crippen LogP contribution in [0.2, 0.25) is 10.0 Å². The average Bonchev–Trinajstić information content (AvgIpc) is 3.49. The standard InChI is InChI=1S/C18H22N2.C7H7Cl2N/c1-2-6-13(5-1)12-19-18-11-16(14-9-10-14)15-7-3-4-8-17(15)20-18;8-6-2-1-5(4-10)3-7(6)9/h3-4,7-8,11,13,19-20H,1-2,5-6,9-10,12H2;1-3H,4,10H2. The van der Waals surface area contributed by atoms with Crippen LogP contribution in [0, 0.1) is 5.92 Å². The summed E-state index contributed by atoms with van der Waals surface area (Å²) in [5, 5.41) is 8.31. The Kier molecular flexibility index (Phi) is 7.04. The van der Waals surface area contributed by atoms with E-state index in [1.54, 1.807) is 17.7 Å². The molecule has 4 N–H and O–H groups in total. The largest absolute Gasteiger partial charge is 0.371 e. The molecule has 0 atom stereocenters. The molecule has 2 aliphatic carbocycles. The quantitative estimate of drug-likeness (QED) is 0.492. The van der Waals surface area contributed by atoms with Crippen LogP contribution in [0.25, 0.3) is 5.57 Å². The zero-order valence-electron chi connectivity index (χ0n) is 17.2. The molecular formula is C25H29Cl2N3.